The van der Waals surface area contributed by atoms with Crippen molar-refractivity contribution in [3.63, 3.8) is 0 Å². The molecule has 0 radical (unpaired) electrons. The molecule has 4 heteroatoms. The number of hydrogen-bond donors (Lipinski definition) is 3. The molecule has 1 aromatic heterocycles. The first-order chi connectivity index (χ1) is 6.70. The summed E-state index contributed by atoms with van der Waals surface area (Å²) < 4.78 is 0. The Bertz CT molecular complexity index is 557. The smallest absolute Gasteiger partial charge is 0.255 e. The van der Waals surface area contributed by atoms with E-state index in [1.165, 1.54) is 0 Å². The minimum atomic E-state index is -0.161. The van der Waals surface area contributed by atoms with Crippen molar-refractivity contribution in [2.24, 2.45) is 5.73 Å². The molecule has 0 amide bonds. The van der Waals surface area contributed by atoms with Gasteiger partial charge in [0.1, 0.15) is 5.84 Å². The van der Waals surface area contributed by atoms with Crippen LogP contribution >= 0.6 is 0 Å². The molecule has 2 aromatic rings. The van der Waals surface area contributed by atoms with Crippen LogP contribution in [0, 0.1) is 5.41 Å². The van der Waals surface area contributed by atoms with Gasteiger partial charge in [-0.15, -0.1) is 0 Å². The van der Waals surface area contributed by atoms with Crippen LogP contribution in [0.25, 0.3) is 10.8 Å². The summed E-state index contributed by atoms with van der Waals surface area (Å²) in [4.78, 5) is 14.0. The lowest BCUT2D eigenvalue weighted by atomic mass is 10.1. The van der Waals surface area contributed by atoms with E-state index in [1.54, 1.807) is 30.5 Å². The summed E-state index contributed by atoms with van der Waals surface area (Å²) in [6, 6.07) is 6.90. The van der Waals surface area contributed by atoms with Gasteiger partial charge in [0, 0.05) is 17.1 Å². The number of hydrogen-bond acceptors (Lipinski definition) is 2. The standard InChI is InChI=1S/C10H9N3O/c11-9(12)7-2-1-3-8-6(7)4-5-13-10(8)14/h1-5H,(H3,11,12)(H,13,14). The van der Waals surface area contributed by atoms with Crippen LogP contribution in [0.3, 0.4) is 0 Å². The zero-order valence-corrected chi connectivity index (χ0v) is 7.37. The summed E-state index contributed by atoms with van der Waals surface area (Å²) in [6.45, 7) is 0. The fraction of sp³-hybridized carbons (Fsp3) is 0. The van der Waals surface area contributed by atoms with Gasteiger partial charge in [0.2, 0.25) is 0 Å². The fourth-order valence-electron chi connectivity index (χ4n) is 1.46. The Kier molecular flexibility index (Phi) is 1.81. The number of aromatic amines is 1. The molecule has 0 fully saturated rings. The Morgan fingerprint density at radius 1 is 1.29 bits per heavy atom. The number of nitrogen functional groups attached to an aromatic ring is 1. The monoisotopic (exact) mass is 187 g/mol. The summed E-state index contributed by atoms with van der Waals surface area (Å²) in [6.07, 6.45) is 1.55. The molecule has 4 N–H and O–H groups in total. The van der Waals surface area contributed by atoms with E-state index in [2.05, 4.69) is 4.98 Å². The van der Waals surface area contributed by atoms with Gasteiger partial charge in [0.15, 0.2) is 0 Å². The molecule has 0 aliphatic carbocycles. The Labute approximate surface area is 79.9 Å². The van der Waals surface area contributed by atoms with E-state index < -0.39 is 0 Å². The van der Waals surface area contributed by atoms with Crippen LogP contribution in [-0.2, 0) is 0 Å². The number of benzene rings is 1. The van der Waals surface area contributed by atoms with Gasteiger partial charge in [-0.2, -0.15) is 0 Å². The minimum Gasteiger partial charge on any atom is -0.384 e. The maximum Gasteiger partial charge on any atom is 0.255 e. The summed E-state index contributed by atoms with van der Waals surface area (Å²) in [7, 11) is 0. The van der Waals surface area contributed by atoms with Gasteiger partial charge in [0.05, 0.1) is 0 Å². The van der Waals surface area contributed by atoms with Gasteiger partial charge in [-0.05, 0) is 17.5 Å². The molecule has 0 atom stereocenters. The molecule has 0 bridgehead atoms. The van der Waals surface area contributed by atoms with Crippen LogP contribution < -0.4 is 11.3 Å². The number of pyridine rings is 1. The highest BCUT2D eigenvalue weighted by atomic mass is 16.1. The highest BCUT2D eigenvalue weighted by molar-refractivity contribution is 6.07. The number of nitrogens with two attached hydrogens (primary N) is 1. The third-order valence-electron chi connectivity index (χ3n) is 2.11. The van der Waals surface area contributed by atoms with E-state index in [4.69, 9.17) is 11.1 Å². The predicted octanol–water partition coefficient (Wildman–Crippen LogP) is 0.812. The lowest BCUT2D eigenvalue weighted by Crippen LogP contribution is -2.13. The number of rotatable bonds is 1. The van der Waals surface area contributed by atoms with Crippen LogP contribution in [-0.4, -0.2) is 10.8 Å². The highest BCUT2D eigenvalue weighted by Crippen LogP contribution is 2.13. The summed E-state index contributed by atoms with van der Waals surface area (Å²) in [5, 5.41) is 8.62. The number of H-pyrrole nitrogens is 1. The van der Waals surface area contributed by atoms with Crippen LogP contribution in [0.2, 0.25) is 0 Å². The second-order valence-corrected chi connectivity index (χ2v) is 2.99. The SMILES string of the molecule is N=C(N)c1cccc2c(=O)[nH]ccc12. The molecule has 0 saturated heterocycles. The average Bonchev–Trinajstić information content (AvgIpc) is 2.17. The second-order valence-electron chi connectivity index (χ2n) is 2.99. The summed E-state index contributed by atoms with van der Waals surface area (Å²) in [5.74, 6) is -0.0267. The molecule has 1 heterocycles. The van der Waals surface area contributed by atoms with Crippen LogP contribution in [0.15, 0.2) is 35.3 Å². The molecule has 2 rings (SSSR count). The quantitative estimate of drug-likeness (QED) is 0.456. The lowest BCUT2D eigenvalue weighted by molar-refractivity contribution is 1.27. The van der Waals surface area contributed by atoms with Gasteiger partial charge < -0.3 is 10.7 Å². The third-order valence-corrected chi connectivity index (χ3v) is 2.11. The maximum atomic E-state index is 11.4. The number of fused-ring (bicyclic) bond motifs is 1. The zero-order valence-electron chi connectivity index (χ0n) is 7.37. The largest absolute Gasteiger partial charge is 0.384 e. The third kappa shape index (κ3) is 1.17. The van der Waals surface area contributed by atoms with Crippen molar-refractivity contribution in [3.8, 4) is 0 Å². The van der Waals surface area contributed by atoms with E-state index >= 15 is 0 Å². The minimum absolute atomic E-state index is 0.0267. The molecule has 0 spiro atoms. The van der Waals surface area contributed by atoms with Crippen molar-refractivity contribution in [2.75, 3.05) is 0 Å². The predicted molar refractivity (Wildman–Crippen MR) is 55.6 cm³/mol. The van der Waals surface area contributed by atoms with E-state index in [0.717, 1.165) is 0 Å². The van der Waals surface area contributed by atoms with E-state index in [9.17, 15) is 4.79 Å². The van der Waals surface area contributed by atoms with Crippen LogP contribution in [0.5, 0.6) is 0 Å². The second kappa shape index (κ2) is 2.99. The van der Waals surface area contributed by atoms with Gasteiger partial charge >= 0.3 is 0 Å². The van der Waals surface area contributed by atoms with Crippen molar-refractivity contribution in [3.05, 3.63) is 46.4 Å². The first-order valence-electron chi connectivity index (χ1n) is 4.15. The Balaban J connectivity index is 2.95. The van der Waals surface area contributed by atoms with Crippen LogP contribution in [0.4, 0.5) is 0 Å². The zero-order chi connectivity index (χ0) is 10.1. The first kappa shape index (κ1) is 8.50. The summed E-state index contributed by atoms with van der Waals surface area (Å²) >= 11 is 0. The molecule has 14 heavy (non-hydrogen) atoms. The van der Waals surface area contributed by atoms with Crippen molar-refractivity contribution >= 4 is 16.6 Å². The lowest BCUT2D eigenvalue weighted by Gasteiger charge is -2.02. The molecular formula is C10H9N3O. The topological polar surface area (TPSA) is 82.7 Å². The van der Waals surface area contributed by atoms with E-state index in [1.807, 2.05) is 0 Å². The molecule has 1 aromatic carbocycles. The number of nitrogens with one attached hydrogen (secondary N) is 2. The summed E-state index contributed by atoms with van der Waals surface area (Å²) in [5.41, 5.74) is 5.83. The van der Waals surface area contributed by atoms with Gasteiger partial charge in [0.25, 0.3) is 5.56 Å². The van der Waals surface area contributed by atoms with Crippen molar-refractivity contribution in [1.82, 2.24) is 4.98 Å². The van der Waals surface area contributed by atoms with Crippen LogP contribution in [0.1, 0.15) is 5.56 Å². The Morgan fingerprint density at radius 2 is 2.07 bits per heavy atom. The van der Waals surface area contributed by atoms with Crippen molar-refractivity contribution in [1.29, 1.82) is 5.41 Å². The van der Waals surface area contributed by atoms with Gasteiger partial charge in [-0.3, -0.25) is 10.2 Å². The maximum absolute atomic E-state index is 11.4. The normalized spacial score (nSPS) is 10.3. The molecule has 0 aliphatic rings. The average molecular weight is 187 g/mol. The van der Waals surface area contributed by atoms with Gasteiger partial charge in [-0.25, -0.2) is 0 Å². The molecule has 0 saturated carbocycles. The van der Waals surface area contributed by atoms with E-state index in [0.29, 0.717) is 16.3 Å². The molecule has 0 unspecified atom stereocenters. The first-order valence-corrected chi connectivity index (χ1v) is 4.15. The molecule has 70 valence electrons. The fourth-order valence-corrected chi connectivity index (χ4v) is 1.46. The number of amidine groups is 1. The van der Waals surface area contributed by atoms with E-state index in [-0.39, 0.29) is 11.4 Å². The Morgan fingerprint density at radius 3 is 2.79 bits per heavy atom. The number of aromatic nitrogens is 1. The van der Waals surface area contributed by atoms with Crippen molar-refractivity contribution < 1.29 is 0 Å². The molecular weight excluding hydrogens is 178 g/mol. The van der Waals surface area contributed by atoms with Gasteiger partial charge in [-0.1, -0.05) is 12.1 Å². The molecule has 4 nitrogen and oxygen atoms in total. The van der Waals surface area contributed by atoms with Crippen molar-refractivity contribution in [2.45, 2.75) is 0 Å². The molecule has 0 aliphatic heterocycles. The highest BCUT2D eigenvalue weighted by Gasteiger charge is 2.04. The Hall–Kier alpha value is -2.10.